The van der Waals surface area contributed by atoms with E-state index in [0.29, 0.717) is 5.82 Å². The highest BCUT2D eigenvalue weighted by Crippen LogP contribution is 2.12. The van der Waals surface area contributed by atoms with Crippen molar-refractivity contribution in [2.24, 2.45) is 5.84 Å². The first-order valence-corrected chi connectivity index (χ1v) is 4.13. The minimum Gasteiger partial charge on any atom is -0.311 e. The molecule has 5 heteroatoms. The molecule has 0 radical (unpaired) electrons. The third kappa shape index (κ3) is 1.86. The molecule has 0 aliphatic carbocycles. The summed E-state index contributed by atoms with van der Waals surface area (Å²) in [6, 6.07) is 0. The Bertz CT molecular complexity index is 283. The number of allylic oxidation sites excluding steroid dienone is 1. The van der Waals surface area contributed by atoms with Crippen LogP contribution in [0.2, 0.25) is 0 Å². The topological polar surface area (TPSA) is 75.4 Å². The summed E-state index contributed by atoms with van der Waals surface area (Å²) in [7, 11) is 0. The Balaban J connectivity index is 2.96. The molecule has 1 fully saturated rings. The molecule has 5 nitrogen and oxygen atoms in total. The van der Waals surface area contributed by atoms with E-state index in [2.05, 4.69) is 5.32 Å². The fourth-order valence-corrected chi connectivity index (χ4v) is 1.06. The molecule has 72 valence electrons. The molecule has 13 heavy (non-hydrogen) atoms. The van der Waals surface area contributed by atoms with E-state index in [9.17, 15) is 9.59 Å². The Morgan fingerprint density at radius 1 is 1.62 bits per heavy atom. The summed E-state index contributed by atoms with van der Waals surface area (Å²) < 4.78 is 0. The van der Waals surface area contributed by atoms with Crippen LogP contribution in [-0.4, -0.2) is 16.8 Å². The Kier molecular flexibility index (Phi) is 2.67. The van der Waals surface area contributed by atoms with Crippen LogP contribution in [-0.2, 0) is 9.59 Å². The molecule has 1 heterocycles. The summed E-state index contributed by atoms with van der Waals surface area (Å²) >= 11 is 0. The number of carbonyl (C=O) groups is 2. The number of nitrogens with two attached hydrogens (primary N) is 1. The lowest BCUT2D eigenvalue weighted by molar-refractivity contribution is -0.138. The van der Waals surface area contributed by atoms with Crippen LogP contribution in [0.3, 0.4) is 0 Å². The normalized spacial score (nSPS) is 21.6. The van der Waals surface area contributed by atoms with Crippen LogP contribution in [0.4, 0.5) is 0 Å². The molecule has 1 aliphatic rings. The van der Waals surface area contributed by atoms with Crippen molar-refractivity contribution in [1.82, 2.24) is 10.3 Å². The molecule has 0 aromatic carbocycles. The van der Waals surface area contributed by atoms with Crippen molar-refractivity contribution in [2.45, 2.75) is 26.7 Å². The third-order valence-electron chi connectivity index (χ3n) is 2.01. The van der Waals surface area contributed by atoms with Crippen LogP contribution in [0.5, 0.6) is 0 Å². The van der Waals surface area contributed by atoms with E-state index >= 15 is 0 Å². The minimum atomic E-state index is -0.369. The largest absolute Gasteiger partial charge is 0.311 e. The number of carbonyl (C=O) groups excluding carboxylic acids is 2. The number of nitrogens with zero attached hydrogens (tertiary/aromatic N) is 1. The Morgan fingerprint density at radius 3 is 2.77 bits per heavy atom. The van der Waals surface area contributed by atoms with Crippen LogP contribution in [0.1, 0.15) is 26.7 Å². The Hall–Kier alpha value is -1.36. The van der Waals surface area contributed by atoms with Gasteiger partial charge in [-0.05, 0) is 18.9 Å². The second-order valence-corrected chi connectivity index (χ2v) is 2.97. The number of amides is 2. The molecular formula is C8H13N3O2. The molecule has 1 rings (SSSR count). The monoisotopic (exact) mass is 183 g/mol. The predicted octanol–water partition coefficient (Wildman–Crippen LogP) is -0.150. The molecule has 0 unspecified atom stereocenters. The van der Waals surface area contributed by atoms with Gasteiger partial charge in [-0.1, -0.05) is 6.92 Å². The summed E-state index contributed by atoms with van der Waals surface area (Å²) in [4.78, 5) is 22.1. The maximum Gasteiger partial charge on any atom is 0.251 e. The van der Waals surface area contributed by atoms with Crippen molar-refractivity contribution in [3.63, 3.8) is 0 Å². The highest BCUT2D eigenvalue weighted by atomic mass is 16.2. The van der Waals surface area contributed by atoms with Crippen molar-refractivity contribution in [3.05, 3.63) is 11.4 Å². The van der Waals surface area contributed by atoms with Gasteiger partial charge in [0, 0.05) is 0 Å². The second kappa shape index (κ2) is 3.57. The second-order valence-electron chi connectivity index (χ2n) is 2.97. The van der Waals surface area contributed by atoms with Crippen molar-refractivity contribution in [1.29, 1.82) is 0 Å². The van der Waals surface area contributed by atoms with Gasteiger partial charge < -0.3 is 5.32 Å². The van der Waals surface area contributed by atoms with Gasteiger partial charge in [0.05, 0.1) is 0 Å². The molecule has 0 aromatic rings. The van der Waals surface area contributed by atoms with Crippen LogP contribution in [0, 0.1) is 0 Å². The molecule has 1 saturated heterocycles. The van der Waals surface area contributed by atoms with Gasteiger partial charge >= 0.3 is 0 Å². The van der Waals surface area contributed by atoms with Gasteiger partial charge in [0.1, 0.15) is 12.2 Å². The van der Waals surface area contributed by atoms with E-state index in [-0.39, 0.29) is 18.2 Å². The van der Waals surface area contributed by atoms with Crippen molar-refractivity contribution < 1.29 is 9.59 Å². The number of hydrogen-bond acceptors (Lipinski definition) is 3. The average Bonchev–Trinajstić information content (AvgIpc) is 2.10. The van der Waals surface area contributed by atoms with E-state index in [1.807, 2.05) is 13.8 Å². The molecule has 0 aromatic heterocycles. The zero-order valence-electron chi connectivity index (χ0n) is 7.76. The van der Waals surface area contributed by atoms with Crippen LogP contribution in [0.25, 0.3) is 0 Å². The maximum atomic E-state index is 11.1. The zero-order valence-corrected chi connectivity index (χ0v) is 7.76. The van der Waals surface area contributed by atoms with Gasteiger partial charge in [-0.3, -0.25) is 9.59 Å². The molecule has 3 N–H and O–H groups in total. The van der Waals surface area contributed by atoms with Gasteiger partial charge in [0.25, 0.3) is 5.91 Å². The van der Waals surface area contributed by atoms with Crippen LogP contribution >= 0.6 is 0 Å². The number of nitrogens with one attached hydrogen (secondary N) is 1. The fraction of sp³-hybridized carbons (Fsp3) is 0.500. The summed E-state index contributed by atoms with van der Waals surface area (Å²) in [5.41, 5.74) is 0.893. The van der Waals surface area contributed by atoms with Crippen LogP contribution in [0.15, 0.2) is 11.4 Å². The smallest absolute Gasteiger partial charge is 0.251 e. The van der Waals surface area contributed by atoms with Crippen molar-refractivity contribution in [3.8, 4) is 0 Å². The van der Waals surface area contributed by atoms with Gasteiger partial charge in [-0.2, -0.15) is 0 Å². The Morgan fingerprint density at radius 2 is 2.23 bits per heavy atom. The molecule has 0 spiro atoms. The van der Waals surface area contributed by atoms with E-state index in [0.717, 1.165) is 17.0 Å². The summed E-state index contributed by atoms with van der Waals surface area (Å²) in [6.07, 6.45) is 0.577. The molecule has 1 aliphatic heterocycles. The lowest BCUT2D eigenvalue weighted by Gasteiger charge is -2.26. The standard InChI is InChI=1S/C8H13N3O2/c1-3-5(2)8-10-6(12)4-7(13)11(8)9/h3-4,9H2,1-2H3,(H,10,12)/b8-5+. The lowest BCUT2D eigenvalue weighted by atomic mass is 10.2. The molecule has 2 amide bonds. The molecule has 0 saturated carbocycles. The lowest BCUT2D eigenvalue weighted by Crippen LogP contribution is -2.50. The molecule has 0 bridgehead atoms. The third-order valence-corrected chi connectivity index (χ3v) is 2.01. The maximum absolute atomic E-state index is 11.1. The Labute approximate surface area is 76.5 Å². The number of hydrogen-bond donors (Lipinski definition) is 2. The zero-order chi connectivity index (χ0) is 10.0. The molecule has 0 atom stereocenters. The highest BCUT2D eigenvalue weighted by molar-refractivity contribution is 6.00. The van der Waals surface area contributed by atoms with Gasteiger partial charge in [0.2, 0.25) is 5.91 Å². The van der Waals surface area contributed by atoms with Gasteiger partial charge in [0.15, 0.2) is 0 Å². The SMILES string of the molecule is CC/C(C)=C1\NC(=O)CC(=O)N1N. The van der Waals surface area contributed by atoms with Gasteiger partial charge in [-0.25, -0.2) is 10.9 Å². The minimum absolute atomic E-state index is 0.170. The quantitative estimate of drug-likeness (QED) is 0.337. The molecular weight excluding hydrogens is 170 g/mol. The highest BCUT2D eigenvalue weighted by Gasteiger charge is 2.26. The first kappa shape index (κ1) is 9.73. The number of rotatable bonds is 1. The van der Waals surface area contributed by atoms with Crippen molar-refractivity contribution in [2.75, 3.05) is 0 Å². The van der Waals surface area contributed by atoms with Crippen LogP contribution < -0.4 is 11.2 Å². The van der Waals surface area contributed by atoms with E-state index in [1.54, 1.807) is 0 Å². The summed E-state index contributed by atoms with van der Waals surface area (Å²) in [5.74, 6) is 5.23. The summed E-state index contributed by atoms with van der Waals surface area (Å²) in [6.45, 7) is 3.76. The van der Waals surface area contributed by atoms with Crippen molar-refractivity contribution >= 4 is 11.8 Å². The first-order chi connectivity index (χ1) is 6.06. The van der Waals surface area contributed by atoms with Gasteiger partial charge in [-0.15, -0.1) is 0 Å². The number of hydrazine groups is 1. The van der Waals surface area contributed by atoms with E-state index in [1.165, 1.54) is 0 Å². The first-order valence-electron chi connectivity index (χ1n) is 4.13. The van der Waals surface area contributed by atoms with E-state index < -0.39 is 0 Å². The van der Waals surface area contributed by atoms with E-state index in [4.69, 9.17) is 5.84 Å². The summed E-state index contributed by atoms with van der Waals surface area (Å²) in [5, 5.41) is 3.57. The fourth-order valence-electron chi connectivity index (χ4n) is 1.06. The predicted molar refractivity (Wildman–Crippen MR) is 46.8 cm³/mol. The average molecular weight is 183 g/mol.